The highest BCUT2D eigenvalue weighted by Crippen LogP contribution is 2.27. The van der Waals surface area contributed by atoms with Gasteiger partial charge in [0.05, 0.1) is 17.7 Å². The van der Waals surface area contributed by atoms with Crippen LogP contribution in [-0.4, -0.2) is 23.4 Å². The maximum absolute atomic E-state index is 10.9. The Morgan fingerprint density at radius 2 is 2.21 bits per heavy atom. The Hall–Kier alpha value is -1.67. The number of nitriles is 1. The van der Waals surface area contributed by atoms with Gasteiger partial charge in [0.2, 0.25) is 0 Å². The summed E-state index contributed by atoms with van der Waals surface area (Å²) < 4.78 is 0. The van der Waals surface area contributed by atoms with Gasteiger partial charge in [0.1, 0.15) is 6.07 Å². The van der Waals surface area contributed by atoms with Crippen LogP contribution in [0.5, 0.6) is 0 Å². The molecule has 0 aliphatic heterocycles. The lowest BCUT2D eigenvalue weighted by Crippen LogP contribution is -2.29. The predicted molar refractivity (Wildman–Crippen MR) is 77.4 cm³/mol. The summed E-state index contributed by atoms with van der Waals surface area (Å²) in [5.41, 5.74) is 1.28. The van der Waals surface area contributed by atoms with E-state index in [1.165, 1.54) is 11.8 Å². The Morgan fingerprint density at radius 1 is 1.53 bits per heavy atom. The van der Waals surface area contributed by atoms with Crippen LogP contribution < -0.4 is 5.32 Å². The summed E-state index contributed by atoms with van der Waals surface area (Å²) in [6.07, 6.45) is 1.95. The molecule has 0 aliphatic rings. The minimum atomic E-state index is -0.842. The molecular weight excluding hydrogens is 260 g/mol. The molecule has 0 aromatic heterocycles. The van der Waals surface area contributed by atoms with Crippen molar-refractivity contribution in [1.29, 1.82) is 5.26 Å². The largest absolute Gasteiger partial charge is 0.481 e. The van der Waals surface area contributed by atoms with E-state index in [1.54, 1.807) is 0 Å². The van der Waals surface area contributed by atoms with Crippen molar-refractivity contribution in [3.63, 3.8) is 0 Å². The van der Waals surface area contributed by atoms with Gasteiger partial charge in [-0.05, 0) is 24.3 Å². The first-order valence-electron chi connectivity index (χ1n) is 6.05. The van der Waals surface area contributed by atoms with E-state index in [9.17, 15) is 10.1 Å². The van der Waals surface area contributed by atoms with Crippen LogP contribution in [0.3, 0.4) is 0 Å². The van der Waals surface area contributed by atoms with E-state index >= 15 is 0 Å². The maximum Gasteiger partial charge on any atom is 0.305 e. The summed E-state index contributed by atoms with van der Waals surface area (Å²) in [7, 11) is 0. The number of carbonyl (C=O) groups is 1. The molecule has 19 heavy (non-hydrogen) atoms. The molecule has 1 unspecified atom stereocenters. The average molecular weight is 278 g/mol. The number of hydrogen-bond acceptors (Lipinski definition) is 4. The normalized spacial score (nSPS) is 11.9. The molecule has 1 aromatic rings. The van der Waals surface area contributed by atoms with Crippen molar-refractivity contribution in [3.8, 4) is 6.07 Å². The second kappa shape index (κ2) is 7.05. The van der Waals surface area contributed by atoms with Crippen molar-refractivity contribution in [2.75, 3.05) is 11.6 Å². The van der Waals surface area contributed by atoms with Crippen LogP contribution in [0, 0.1) is 17.2 Å². The summed E-state index contributed by atoms with van der Waals surface area (Å²) in [4.78, 5) is 11.8. The van der Waals surface area contributed by atoms with E-state index in [4.69, 9.17) is 5.11 Å². The predicted octanol–water partition coefficient (Wildman–Crippen LogP) is 3.19. The Balaban J connectivity index is 3.03. The van der Waals surface area contributed by atoms with Gasteiger partial charge in [-0.1, -0.05) is 19.9 Å². The second-order valence-corrected chi connectivity index (χ2v) is 5.44. The standard InChI is InChI=1S/C14H18N2O2S/c1-9(2)12(7-14(17)18)16-11-5-4-6-13(19-3)10(11)8-15/h4-6,9,12,16H,7H2,1-3H3,(H,17,18). The van der Waals surface area contributed by atoms with E-state index < -0.39 is 5.97 Å². The summed E-state index contributed by atoms with van der Waals surface area (Å²) in [5.74, 6) is -0.675. The number of hydrogen-bond donors (Lipinski definition) is 2. The number of nitrogens with zero attached hydrogens (tertiary/aromatic N) is 1. The molecule has 5 heteroatoms. The Bertz CT molecular complexity index is 495. The first kappa shape index (κ1) is 15.4. The van der Waals surface area contributed by atoms with Crippen LogP contribution in [0.4, 0.5) is 5.69 Å². The third kappa shape index (κ3) is 4.18. The molecule has 0 spiro atoms. The number of benzene rings is 1. The topological polar surface area (TPSA) is 73.1 Å². The van der Waals surface area contributed by atoms with Crippen LogP contribution in [0.25, 0.3) is 0 Å². The van der Waals surface area contributed by atoms with Gasteiger partial charge >= 0.3 is 5.97 Å². The number of carboxylic acid groups (broad SMARTS) is 1. The van der Waals surface area contributed by atoms with Crippen molar-refractivity contribution in [3.05, 3.63) is 23.8 Å². The molecule has 0 fully saturated rings. The Kier molecular flexibility index (Phi) is 5.71. The molecule has 2 N–H and O–H groups in total. The van der Waals surface area contributed by atoms with Gasteiger partial charge in [-0.15, -0.1) is 11.8 Å². The number of aliphatic carboxylic acids is 1. The average Bonchev–Trinajstić information content (AvgIpc) is 2.36. The highest BCUT2D eigenvalue weighted by molar-refractivity contribution is 7.98. The van der Waals surface area contributed by atoms with E-state index in [0.717, 1.165) is 4.90 Å². The minimum Gasteiger partial charge on any atom is -0.481 e. The molecule has 0 bridgehead atoms. The summed E-state index contributed by atoms with van der Waals surface area (Å²) >= 11 is 1.50. The van der Waals surface area contributed by atoms with Crippen molar-refractivity contribution < 1.29 is 9.90 Å². The fourth-order valence-corrected chi connectivity index (χ4v) is 2.35. The summed E-state index contributed by atoms with van der Waals surface area (Å²) in [6.45, 7) is 3.93. The number of thioether (sulfide) groups is 1. The maximum atomic E-state index is 10.9. The highest BCUT2D eigenvalue weighted by Gasteiger charge is 2.19. The fourth-order valence-electron chi connectivity index (χ4n) is 1.78. The molecule has 0 radical (unpaired) electrons. The number of carboxylic acids is 1. The van der Waals surface area contributed by atoms with Crippen LogP contribution in [-0.2, 0) is 4.79 Å². The van der Waals surface area contributed by atoms with E-state index in [0.29, 0.717) is 11.3 Å². The summed E-state index contributed by atoms with van der Waals surface area (Å²) in [5, 5.41) is 21.4. The lowest BCUT2D eigenvalue weighted by molar-refractivity contribution is -0.137. The second-order valence-electron chi connectivity index (χ2n) is 4.59. The zero-order valence-corrected chi connectivity index (χ0v) is 12.1. The molecule has 1 atom stereocenters. The number of nitrogens with one attached hydrogen (secondary N) is 1. The SMILES string of the molecule is CSc1cccc(NC(CC(=O)O)C(C)C)c1C#N. The van der Waals surface area contributed by atoms with Crippen molar-refractivity contribution in [1.82, 2.24) is 0 Å². The lowest BCUT2D eigenvalue weighted by Gasteiger charge is -2.23. The van der Waals surface area contributed by atoms with Gasteiger partial charge in [0.15, 0.2) is 0 Å². The third-order valence-corrected chi connectivity index (χ3v) is 3.68. The molecule has 0 saturated carbocycles. The monoisotopic (exact) mass is 278 g/mol. The van der Waals surface area contributed by atoms with Crippen LogP contribution >= 0.6 is 11.8 Å². The Labute approximate surface area is 117 Å². The van der Waals surface area contributed by atoms with E-state index in [2.05, 4.69) is 11.4 Å². The van der Waals surface area contributed by atoms with Crippen molar-refractivity contribution in [2.24, 2.45) is 5.92 Å². The van der Waals surface area contributed by atoms with Crippen LogP contribution in [0.1, 0.15) is 25.8 Å². The molecule has 1 aromatic carbocycles. The van der Waals surface area contributed by atoms with E-state index in [1.807, 2.05) is 38.3 Å². The van der Waals surface area contributed by atoms with Gasteiger partial charge < -0.3 is 10.4 Å². The van der Waals surface area contributed by atoms with Gasteiger partial charge in [-0.25, -0.2) is 0 Å². The summed E-state index contributed by atoms with van der Waals surface area (Å²) in [6, 6.07) is 7.56. The van der Waals surface area contributed by atoms with Crippen molar-refractivity contribution in [2.45, 2.75) is 31.2 Å². The quantitative estimate of drug-likeness (QED) is 0.782. The van der Waals surface area contributed by atoms with E-state index in [-0.39, 0.29) is 18.4 Å². The third-order valence-electron chi connectivity index (χ3n) is 2.90. The Morgan fingerprint density at radius 3 is 2.68 bits per heavy atom. The molecule has 4 nitrogen and oxygen atoms in total. The first-order chi connectivity index (χ1) is 8.99. The van der Waals surface area contributed by atoms with Gasteiger partial charge in [-0.3, -0.25) is 4.79 Å². The molecule has 0 saturated heterocycles. The lowest BCUT2D eigenvalue weighted by atomic mass is 10.00. The van der Waals surface area contributed by atoms with Crippen LogP contribution in [0.15, 0.2) is 23.1 Å². The molecule has 0 heterocycles. The van der Waals surface area contributed by atoms with Crippen molar-refractivity contribution >= 4 is 23.4 Å². The molecule has 0 amide bonds. The number of anilines is 1. The molecule has 102 valence electrons. The molecule has 1 rings (SSSR count). The smallest absolute Gasteiger partial charge is 0.305 e. The zero-order valence-electron chi connectivity index (χ0n) is 11.3. The first-order valence-corrected chi connectivity index (χ1v) is 7.27. The minimum absolute atomic E-state index is 0.0338. The van der Waals surface area contributed by atoms with Gasteiger partial charge in [-0.2, -0.15) is 5.26 Å². The van der Waals surface area contributed by atoms with Gasteiger partial charge in [0, 0.05) is 10.9 Å². The number of rotatable bonds is 6. The molecular formula is C14H18N2O2S. The molecule has 0 aliphatic carbocycles. The van der Waals surface area contributed by atoms with Crippen LogP contribution in [0.2, 0.25) is 0 Å². The highest BCUT2D eigenvalue weighted by atomic mass is 32.2. The fraction of sp³-hybridized carbons (Fsp3) is 0.429. The van der Waals surface area contributed by atoms with Gasteiger partial charge in [0.25, 0.3) is 0 Å². The zero-order chi connectivity index (χ0) is 14.4.